The Labute approximate surface area is 41.1 Å². The van der Waals surface area contributed by atoms with Crippen molar-refractivity contribution in [2.75, 3.05) is 5.75 Å². The Morgan fingerprint density at radius 3 is 2.60 bits per heavy atom. The second-order valence-electron chi connectivity index (χ2n) is 0.884. The molecule has 0 unspecified atom stereocenters. The van der Waals surface area contributed by atoms with E-state index in [1.165, 1.54) is 10.7 Å². The van der Waals surface area contributed by atoms with E-state index in [2.05, 4.69) is 12.6 Å². The van der Waals surface area contributed by atoms with Crippen LogP contribution in [0.2, 0.25) is 0 Å². The second-order valence-corrected chi connectivity index (χ2v) is 2.24. The summed E-state index contributed by atoms with van der Waals surface area (Å²) in [5.41, 5.74) is 0. The number of thioether (sulfide) groups is 1. The minimum atomic E-state index is 1.21. The lowest BCUT2D eigenvalue weighted by Gasteiger charge is -1.50. The Bertz CT molecular complexity index is 59.3. The van der Waals surface area contributed by atoms with Gasteiger partial charge in [0, 0.05) is 10.7 Å². The van der Waals surface area contributed by atoms with E-state index in [1.807, 2.05) is 17.2 Å². The van der Waals surface area contributed by atoms with Crippen LogP contribution in [-0.2, 0) is 0 Å². The van der Waals surface area contributed by atoms with Gasteiger partial charge >= 0.3 is 0 Å². The van der Waals surface area contributed by atoms with Crippen molar-refractivity contribution in [3.05, 3.63) is 10.3 Å². The highest BCUT2D eigenvalue weighted by molar-refractivity contribution is 8.11. The number of thiol groups is 1. The summed E-state index contributed by atoms with van der Waals surface area (Å²) in [5.74, 6) is 1.21. The van der Waals surface area contributed by atoms with Gasteiger partial charge in [0.25, 0.3) is 0 Å². The quantitative estimate of drug-likeness (QED) is 0.359. The Hall–Kier alpha value is 0.440. The molecule has 1 heterocycles. The van der Waals surface area contributed by atoms with Gasteiger partial charge in [-0.15, -0.1) is 11.8 Å². The first-order valence-corrected chi connectivity index (χ1v) is 2.90. The van der Waals surface area contributed by atoms with Gasteiger partial charge in [-0.25, -0.2) is 0 Å². The van der Waals surface area contributed by atoms with Crippen molar-refractivity contribution in [2.24, 2.45) is 0 Å². The standard InChI is InChI=1S/C3H4S2/c4-1-3-2-5-3/h1,4H,2H2/b3-1-. The van der Waals surface area contributed by atoms with Crippen LogP contribution in [0.4, 0.5) is 0 Å². The zero-order valence-electron chi connectivity index (χ0n) is 2.64. The summed E-state index contributed by atoms with van der Waals surface area (Å²) >= 11 is 5.75. The molecule has 0 spiro atoms. The predicted octanol–water partition coefficient (Wildman–Crippen LogP) is 1.50. The van der Waals surface area contributed by atoms with E-state index in [9.17, 15) is 0 Å². The van der Waals surface area contributed by atoms with E-state index in [-0.39, 0.29) is 0 Å². The molecule has 0 aromatic carbocycles. The number of hydrogen-bond donors (Lipinski definition) is 1. The molecule has 2 heteroatoms. The maximum absolute atomic E-state index is 3.90. The molecule has 0 radical (unpaired) electrons. The van der Waals surface area contributed by atoms with Crippen molar-refractivity contribution in [3.63, 3.8) is 0 Å². The molecular weight excluding hydrogens is 100 g/mol. The summed E-state index contributed by atoms with van der Waals surface area (Å²) in [4.78, 5) is 1.41. The molecule has 0 nitrogen and oxygen atoms in total. The molecular formula is C3H4S2. The fourth-order valence-corrected chi connectivity index (χ4v) is 0.796. The van der Waals surface area contributed by atoms with E-state index < -0.39 is 0 Å². The molecule has 0 aromatic heterocycles. The van der Waals surface area contributed by atoms with Crippen LogP contribution in [0.3, 0.4) is 0 Å². The molecule has 0 aromatic rings. The highest BCUT2D eigenvalue weighted by Gasteiger charge is 2.08. The third kappa shape index (κ3) is 0.893. The first-order valence-electron chi connectivity index (χ1n) is 1.39. The molecule has 5 heavy (non-hydrogen) atoms. The zero-order chi connectivity index (χ0) is 3.70. The molecule has 0 N–H and O–H groups in total. The first kappa shape index (κ1) is 3.62. The van der Waals surface area contributed by atoms with Crippen LogP contribution in [0, 0.1) is 0 Å². The normalized spacial score (nSPS) is 27.8. The average molecular weight is 104 g/mol. The lowest BCUT2D eigenvalue weighted by atomic mass is 10.8. The van der Waals surface area contributed by atoms with Crippen LogP contribution in [-0.4, -0.2) is 5.75 Å². The molecule has 1 rings (SSSR count). The lowest BCUT2D eigenvalue weighted by Crippen LogP contribution is -1.30. The van der Waals surface area contributed by atoms with Crippen molar-refractivity contribution in [3.8, 4) is 0 Å². The van der Waals surface area contributed by atoms with Crippen LogP contribution < -0.4 is 0 Å². The van der Waals surface area contributed by atoms with Crippen molar-refractivity contribution < 1.29 is 0 Å². The van der Waals surface area contributed by atoms with Gasteiger partial charge in [0.2, 0.25) is 0 Å². The van der Waals surface area contributed by atoms with E-state index in [0.29, 0.717) is 0 Å². The second kappa shape index (κ2) is 1.27. The summed E-state index contributed by atoms with van der Waals surface area (Å²) < 4.78 is 0. The Kier molecular flexibility index (Phi) is 0.918. The van der Waals surface area contributed by atoms with Gasteiger partial charge in [-0.3, -0.25) is 0 Å². The summed E-state index contributed by atoms with van der Waals surface area (Å²) in [5, 5.41) is 1.85. The highest BCUT2D eigenvalue weighted by atomic mass is 32.2. The van der Waals surface area contributed by atoms with Gasteiger partial charge in [-0.2, -0.15) is 12.6 Å². The zero-order valence-corrected chi connectivity index (χ0v) is 4.35. The van der Waals surface area contributed by atoms with Gasteiger partial charge in [0.1, 0.15) is 0 Å². The Morgan fingerprint density at radius 2 is 2.60 bits per heavy atom. The predicted molar refractivity (Wildman–Crippen MR) is 29.5 cm³/mol. The Balaban J connectivity index is 2.46. The van der Waals surface area contributed by atoms with Gasteiger partial charge in [-0.1, -0.05) is 0 Å². The van der Waals surface area contributed by atoms with Crippen LogP contribution in [0.1, 0.15) is 0 Å². The van der Waals surface area contributed by atoms with Crippen LogP contribution in [0.15, 0.2) is 10.3 Å². The third-order valence-electron chi connectivity index (χ3n) is 0.455. The number of rotatable bonds is 0. The largest absolute Gasteiger partial charge is 0.151 e. The maximum Gasteiger partial charge on any atom is 0.0294 e. The van der Waals surface area contributed by atoms with Gasteiger partial charge in [0.15, 0.2) is 0 Å². The van der Waals surface area contributed by atoms with Gasteiger partial charge in [-0.05, 0) is 5.41 Å². The van der Waals surface area contributed by atoms with Crippen molar-refractivity contribution in [2.45, 2.75) is 0 Å². The molecule has 1 fully saturated rings. The highest BCUT2D eigenvalue weighted by Crippen LogP contribution is 2.35. The van der Waals surface area contributed by atoms with Crippen molar-refractivity contribution in [1.82, 2.24) is 0 Å². The van der Waals surface area contributed by atoms with Gasteiger partial charge < -0.3 is 0 Å². The molecule has 28 valence electrons. The smallest absolute Gasteiger partial charge is 0.0294 e. The van der Waals surface area contributed by atoms with Crippen molar-refractivity contribution >= 4 is 24.4 Å². The monoisotopic (exact) mass is 104 g/mol. The van der Waals surface area contributed by atoms with Crippen LogP contribution in [0.25, 0.3) is 0 Å². The molecule has 1 aliphatic rings. The van der Waals surface area contributed by atoms with E-state index in [4.69, 9.17) is 0 Å². The van der Waals surface area contributed by atoms with E-state index in [1.54, 1.807) is 0 Å². The Morgan fingerprint density at radius 1 is 2.00 bits per heavy atom. The van der Waals surface area contributed by atoms with E-state index in [0.717, 1.165) is 0 Å². The minimum absolute atomic E-state index is 1.21. The van der Waals surface area contributed by atoms with E-state index >= 15 is 0 Å². The molecule has 0 aliphatic carbocycles. The summed E-state index contributed by atoms with van der Waals surface area (Å²) in [7, 11) is 0. The molecule has 0 saturated carbocycles. The van der Waals surface area contributed by atoms with Crippen molar-refractivity contribution in [1.29, 1.82) is 0 Å². The molecule has 0 bridgehead atoms. The van der Waals surface area contributed by atoms with Crippen LogP contribution in [0.5, 0.6) is 0 Å². The van der Waals surface area contributed by atoms with Crippen LogP contribution >= 0.6 is 24.4 Å². The molecule has 0 atom stereocenters. The number of hydrogen-bond acceptors (Lipinski definition) is 2. The lowest BCUT2D eigenvalue weighted by molar-refractivity contribution is 1.93. The summed E-state index contributed by atoms with van der Waals surface area (Å²) in [6, 6.07) is 0. The first-order chi connectivity index (χ1) is 2.43. The molecule has 1 saturated heterocycles. The average Bonchev–Trinajstić information content (AvgIpc) is 2.12. The topological polar surface area (TPSA) is 0 Å². The maximum atomic E-state index is 3.90. The summed E-state index contributed by atoms with van der Waals surface area (Å²) in [6.45, 7) is 0. The van der Waals surface area contributed by atoms with Gasteiger partial charge in [0.05, 0.1) is 0 Å². The third-order valence-corrected chi connectivity index (χ3v) is 1.68. The minimum Gasteiger partial charge on any atom is -0.151 e. The SMILES string of the molecule is S/C=C1/CS1. The fourth-order valence-electron chi connectivity index (χ4n) is 0.116. The molecule has 1 aliphatic heterocycles. The molecule has 0 amide bonds. The summed E-state index contributed by atoms with van der Waals surface area (Å²) in [6.07, 6.45) is 0. The fraction of sp³-hybridized carbons (Fsp3) is 0.333.